The molecule has 1 aromatic heterocycles. The number of hydrogen-bond donors (Lipinski definition) is 2. The van der Waals surface area contributed by atoms with E-state index in [9.17, 15) is 9.59 Å². The number of rotatable bonds is 5. The average Bonchev–Trinajstić information content (AvgIpc) is 3.41. The van der Waals surface area contributed by atoms with Gasteiger partial charge in [-0.05, 0) is 58.0 Å². The van der Waals surface area contributed by atoms with Gasteiger partial charge in [0.15, 0.2) is 17.3 Å². The summed E-state index contributed by atoms with van der Waals surface area (Å²) in [6.45, 7) is 5.56. The number of ether oxygens (including phenoxy) is 2. The number of fused-ring (bicyclic) bond motifs is 2. The summed E-state index contributed by atoms with van der Waals surface area (Å²) in [5.74, 6) is 1.41. The predicted molar refractivity (Wildman–Crippen MR) is 122 cm³/mol. The molecule has 2 aliphatic rings. The van der Waals surface area contributed by atoms with Crippen molar-refractivity contribution in [1.29, 1.82) is 0 Å². The number of ketones is 1. The van der Waals surface area contributed by atoms with Crippen LogP contribution in [0.5, 0.6) is 11.5 Å². The fourth-order valence-corrected chi connectivity index (χ4v) is 4.74. The Bertz CT molecular complexity index is 1180. The van der Waals surface area contributed by atoms with Crippen LogP contribution in [0.4, 0.5) is 5.69 Å². The minimum Gasteiger partial charge on any atom is -0.454 e. The Morgan fingerprint density at radius 3 is 2.66 bits per heavy atom. The van der Waals surface area contributed by atoms with E-state index in [4.69, 9.17) is 9.47 Å². The summed E-state index contributed by atoms with van der Waals surface area (Å²) in [7, 11) is 0. The lowest BCUT2D eigenvalue weighted by Gasteiger charge is -2.34. The van der Waals surface area contributed by atoms with Crippen LogP contribution >= 0.6 is 0 Å². The molecule has 0 aliphatic carbocycles. The summed E-state index contributed by atoms with van der Waals surface area (Å²) in [5.41, 5.74) is 3.37. The van der Waals surface area contributed by atoms with Crippen LogP contribution in [0.25, 0.3) is 10.9 Å². The first kappa shape index (κ1) is 20.6. The number of benzene rings is 2. The monoisotopic (exact) mass is 433 g/mol. The first-order chi connectivity index (χ1) is 15.5. The van der Waals surface area contributed by atoms with Gasteiger partial charge in [0, 0.05) is 39.8 Å². The highest BCUT2D eigenvalue weighted by Crippen LogP contribution is 2.34. The number of carbonyl (C=O) groups is 2. The van der Waals surface area contributed by atoms with E-state index >= 15 is 0 Å². The van der Waals surface area contributed by atoms with Gasteiger partial charge in [-0.2, -0.15) is 0 Å². The summed E-state index contributed by atoms with van der Waals surface area (Å²) in [6, 6.07) is 13.1. The highest BCUT2D eigenvalue weighted by molar-refractivity contribution is 6.11. The lowest BCUT2D eigenvalue weighted by Crippen LogP contribution is -2.45. The first-order valence-electron chi connectivity index (χ1n) is 11.1. The summed E-state index contributed by atoms with van der Waals surface area (Å²) < 4.78 is 10.7. The Morgan fingerprint density at radius 1 is 1.09 bits per heavy atom. The lowest BCUT2D eigenvalue weighted by molar-refractivity contribution is -0.121. The molecule has 2 N–H and O–H groups in total. The van der Waals surface area contributed by atoms with Crippen molar-refractivity contribution in [2.24, 2.45) is 5.92 Å². The van der Waals surface area contributed by atoms with Crippen LogP contribution in [0.1, 0.15) is 35.8 Å². The maximum Gasteiger partial charge on any atom is 0.231 e. The first-order valence-corrected chi connectivity index (χ1v) is 11.1. The minimum atomic E-state index is -0.231. The van der Waals surface area contributed by atoms with Crippen molar-refractivity contribution in [2.75, 3.05) is 25.2 Å². The molecule has 2 aromatic carbocycles. The second-order valence-electron chi connectivity index (χ2n) is 8.58. The number of H-pyrrole nitrogens is 1. The van der Waals surface area contributed by atoms with Gasteiger partial charge in [0.05, 0.1) is 6.04 Å². The number of aromatic nitrogens is 1. The van der Waals surface area contributed by atoms with Crippen LogP contribution in [0.15, 0.2) is 42.5 Å². The number of likely N-dealkylation sites (tertiary alicyclic amines) is 1. The number of nitrogens with zero attached hydrogens (tertiary/aromatic N) is 1. The molecule has 3 heterocycles. The van der Waals surface area contributed by atoms with Crippen LogP contribution in [0.3, 0.4) is 0 Å². The standard InChI is InChI=1S/C25H27N3O4/c1-15-23(19-5-3-4-6-20(19)26-15)24(29)16(2)28-11-9-17(10-12-28)25(30)27-18-7-8-21-22(13-18)32-14-31-21/h3-8,13,16-17,26H,9-12,14H2,1-2H3,(H,27,30)/t16-/m0/s1. The molecule has 0 spiro atoms. The van der Waals surface area contributed by atoms with Crippen LogP contribution in [-0.4, -0.2) is 47.5 Å². The zero-order valence-corrected chi connectivity index (χ0v) is 18.3. The van der Waals surface area contributed by atoms with Crippen LogP contribution < -0.4 is 14.8 Å². The normalized spacial score (nSPS) is 17.4. The number of nitrogens with one attached hydrogen (secondary N) is 2. The van der Waals surface area contributed by atoms with Gasteiger partial charge >= 0.3 is 0 Å². The van der Waals surface area contributed by atoms with Gasteiger partial charge < -0.3 is 19.8 Å². The molecule has 0 bridgehead atoms. The summed E-state index contributed by atoms with van der Waals surface area (Å²) in [5, 5.41) is 3.97. The number of hydrogen-bond acceptors (Lipinski definition) is 5. The van der Waals surface area contributed by atoms with Gasteiger partial charge in [0.25, 0.3) is 0 Å². The van der Waals surface area contributed by atoms with Crippen molar-refractivity contribution < 1.29 is 19.1 Å². The Morgan fingerprint density at radius 2 is 1.84 bits per heavy atom. The SMILES string of the molecule is Cc1[nH]c2ccccc2c1C(=O)[C@H](C)N1CCC(C(=O)Nc2ccc3c(c2)OCO3)CC1. The third kappa shape index (κ3) is 3.73. The Kier molecular flexibility index (Phi) is 5.35. The third-order valence-electron chi connectivity index (χ3n) is 6.61. The molecular weight excluding hydrogens is 406 g/mol. The second kappa shape index (κ2) is 8.31. The van der Waals surface area contributed by atoms with Gasteiger partial charge in [-0.15, -0.1) is 0 Å². The Hall–Kier alpha value is -3.32. The highest BCUT2D eigenvalue weighted by atomic mass is 16.7. The number of anilines is 1. The number of para-hydroxylation sites is 1. The zero-order chi connectivity index (χ0) is 22.2. The summed E-state index contributed by atoms with van der Waals surface area (Å²) in [6.07, 6.45) is 1.45. The maximum atomic E-state index is 13.3. The highest BCUT2D eigenvalue weighted by Gasteiger charge is 2.31. The van der Waals surface area contributed by atoms with E-state index in [-0.39, 0.29) is 30.4 Å². The molecule has 1 fully saturated rings. The molecule has 1 atom stereocenters. The quantitative estimate of drug-likeness (QED) is 0.591. The number of aryl methyl sites for hydroxylation is 1. The van der Waals surface area contributed by atoms with E-state index in [1.165, 1.54) is 0 Å². The second-order valence-corrected chi connectivity index (χ2v) is 8.58. The van der Waals surface area contributed by atoms with Gasteiger partial charge in [-0.3, -0.25) is 14.5 Å². The summed E-state index contributed by atoms with van der Waals surface area (Å²) >= 11 is 0. The predicted octanol–water partition coefficient (Wildman–Crippen LogP) is 4.13. The van der Waals surface area contributed by atoms with Crippen LogP contribution in [0.2, 0.25) is 0 Å². The van der Waals surface area contributed by atoms with Crippen molar-refractivity contribution in [3.63, 3.8) is 0 Å². The van der Waals surface area contributed by atoms with E-state index in [1.54, 1.807) is 12.1 Å². The fourth-order valence-electron chi connectivity index (χ4n) is 4.74. The molecule has 0 radical (unpaired) electrons. The Labute approximate surface area is 186 Å². The molecular formula is C25H27N3O4. The average molecular weight is 434 g/mol. The fraction of sp³-hybridized carbons (Fsp3) is 0.360. The Balaban J connectivity index is 1.21. The molecule has 0 unspecified atom stereocenters. The molecule has 166 valence electrons. The number of Topliss-reactive ketones (excluding diaryl/α,β-unsaturated/α-hetero) is 1. The largest absolute Gasteiger partial charge is 0.454 e. The topological polar surface area (TPSA) is 83.7 Å². The molecule has 7 heteroatoms. The van der Waals surface area contributed by atoms with Gasteiger partial charge in [-0.1, -0.05) is 18.2 Å². The zero-order valence-electron chi connectivity index (χ0n) is 18.3. The summed E-state index contributed by atoms with van der Waals surface area (Å²) in [4.78, 5) is 31.6. The van der Waals surface area contributed by atoms with Crippen molar-refractivity contribution in [3.05, 3.63) is 53.7 Å². The molecule has 3 aromatic rings. The van der Waals surface area contributed by atoms with Gasteiger partial charge in [-0.25, -0.2) is 0 Å². The third-order valence-corrected chi connectivity index (χ3v) is 6.61. The molecule has 2 aliphatic heterocycles. The molecule has 5 rings (SSSR count). The van der Waals surface area contributed by atoms with Crippen LogP contribution in [0, 0.1) is 12.8 Å². The number of carbonyl (C=O) groups excluding carboxylic acids is 2. The van der Waals surface area contributed by atoms with Gasteiger partial charge in [0.1, 0.15) is 0 Å². The van der Waals surface area contributed by atoms with Crippen molar-refractivity contribution in [3.8, 4) is 11.5 Å². The molecule has 1 amide bonds. The molecule has 7 nitrogen and oxygen atoms in total. The van der Waals surface area contributed by atoms with Gasteiger partial charge in [0.2, 0.25) is 12.7 Å². The molecule has 1 saturated heterocycles. The smallest absolute Gasteiger partial charge is 0.231 e. The van der Waals surface area contributed by atoms with Crippen molar-refractivity contribution in [1.82, 2.24) is 9.88 Å². The van der Waals surface area contributed by atoms with Crippen molar-refractivity contribution in [2.45, 2.75) is 32.7 Å². The van der Waals surface area contributed by atoms with E-state index < -0.39 is 0 Å². The van der Waals surface area contributed by atoms with Crippen molar-refractivity contribution >= 4 is 28.3 Å². The molecule has 32 heavy (non-hydrogen) atoms. The van der Waals surface area contributed by atoms with E-state index in [1.807, 2.05) is 44.2 Å². The number of piperidine rings is 1. The van der Waals surface area contributed by atoms with E-state index in [2.05, 4.69) is 15.2 Å². The minimum absolute atomic E-state index is 0.00923. The number of amides is 1. The lowest BCUT2D eigenvalue weighted by atomic mass is 9.93. The van der Waals surface area contributed by atoms with E-state index in [0.29, 0.717) is 30.3 Å². The maximum absolute atomic E-state index is 13.3. The number of aromatic amines is 1. The molecule has 0 saturated carbocycles. The van der Waals surface area contributed by atoms with Crippen LogP contribution in [-0.2, 0) is 4.79 Å². The van der Waals surface area contributed by atoms with E-state index in [0.717, 1.165) is 35.0 Å².